The third-order valence-electron chi connectivity index (χ3n) is 2.62. The van der Waals surface area contributed by atoms with Gasteiger partial charge in [0, 0.05) is 25.2 Å². The molecular formula is C8H16N2O. The van der Waals surface area contributed by atoms with E-state index in [1.807, 2.05) is 0 Å². The van der Waals surface area contributed by atoms with Crippen molar-refractivity contribution < 1.29 is 4.74 Å². The van der Waals surface area contributed by atoms with Crippen molar-refractivity contribution in [1.29, 1.82) is 0 Å². The van der Waals surface area contributed by atoms with Crippen LogP contribution in [0.15, 0.2) is 0 Å². The average molecular weight is 156 g/mol. The van der Waals surface area contributed by atoms with Crippen LogP contribution in [-0.2, 0) is 4.74 Å². The predicted molar refractivity (Wildman–Crippen MR) is 43.4 cm³/mol. The molecule has 2 aliphatic rings. The van der Waals surface area contributed by atoms with Crippen molar-refractivity contribution in [2.75, 3.05) is 19.7 Å². The van der Waals surface area contributed by atoms with Gasteiger partial charge in [-0.25, -0.2) is 0 Å². The Hall–Kier alpha value is -0.120. The number of fused-ring (bicyclic) bond motifs is 1. The van der Waals surface area contributed by atoms with Crippen LogP contribution in [0.1, 0.15) is 13.3 Å². The maximum atomic E-state index is 5.84. The van der Waals surface area contributed by atoms with Crippen molar-refractivity contribution >= 4 is 0 Å². The van der Waals surface area contributed by atoms with Gasteiger partial charge in [0.1, 0.15) is 0 Å². The summed E-state index contributed by atoms with van der Waals surface area (Å²) in [6.45, 7) is 5.14. The highest BCUT2D eigenvalue weighted by Crippen LogP contribution is 2.21. The van der Waals surface area contributed by atoms with Crippen LogP contribution in [0.5, 0.6) is 0 Å². The van der Waals surface area contributed by atoms with Crippen LogP contribution >= 0.6 is 0 Å². The van der Waals surface area contributed by atoms with Gasteiger partial charge in [-0.1, -0.05) is 0 Å². The summed E-state index contributed by atoms with van der Waals surface area (Å²) >= 11 is 0. The van der Waals surface area contributed by atoms with E-state index in [-0.39, 0.29) is 0 Å². The standard InChI is InChI=1S/C8H16N2O/c1-6-3-10-4-7(9)2-8(10)5-11-6/h6-8H,2-5,9H2,1H3/t6-,7+,8+/m1/s1. The lowest BCUT2D eigenvalue weighted by Gasteiger charge is -2.33. The molecule has 0 aromatic heterocycles. The highest BCUT2D eigenvalue weighted by atomic mass is 16.5. The summed E-state index contributed by atoms with van der Waals surface area (Å²) in [7, 11) is 0. The number of hydrogen-bond acceptors (Lipinski definition) is 3. The number of nitrogens with two attached hydrogens (primary N) is 1. The summed E-state index contributed by atoms with van der Waals surface area (Å²) in [4.78, 5) is 2.46. The minimum absolute atomic E-state index is 0.383. The van der Waals surface area contributed by atoms with E-state index in [1.165, 1.54) is 0 Å². The van der Waals surface area contributed by atoms with Gasteiger partial charge in [0.15, 0.2) is 0 Å². The van der Waals surface area contributed by atoms with E-state index in [1.54, 1.807) is 0 Å². The molecule has 2 saturated heterocycles. The summed E-state index contributed by atoms with van der Waals surface area (Å²) in [5, 5.41) is 0. The van der Waals surface area contributed by atoms with Crippen LogP contribution in [0.4, 0.5) is 0 Å². The lowest BCUT2D eigenvalue weighted by atomic mass is 10.2. The maximum absolute atomic E-state index is 5.84. The Labute approximate surface area is 67.5 Å². The Morgan fingerprint density at radius 1 is 1.45 bits per heavy atom. The highest BCUT2D eigenvalue weighted by Gasteiger charge is 2.34. The summed E-state index contributed by atoms with van der Waals surface area (Å²) < 4.78 is 5.54. The number of morpholine rings is 1. The molecule has 0 amide bonds. The molecular weight excluding hydrogens is 140 g/mol. The normalized spacial score (nSPS) is 45.8. The molecule has 3 atom stereocenters. The molecule has 0 unspecified atom stereocenters. The molecule has 3 heteroatoms. The molecule has 2 aliphatic heterocycles. The van der Waals surface area contributed by atoms with Gasteiger partial charge in [0.2, 0.25) is 0 Å². The molecule has 0 aromatic carbocycles. The number of rotatable bonds is 0. The van der Waals surface area contributed by atoms with Crippen molar-refractivity contribution in [3.8, 4) is 0 Å². The fraction of sp³-hybridized carbons (Fsp3) is 1.00. The second-order valence-corrected chi connectivity index (χ2v) is 3.75. The molecule has 3 nitrogen and oxygen atoms in total. The zero-order valence-corrected chi connectivity index (χ0v) is 6.99. The molecule has 2 heterocycles. The number of nitrogens with zero attached hydrogens (tertiary/aromatic N) is 1. The molecule has 0 spiro atoms. The third kappa shape index (κ3) is 1.41. The van der Waals surface area contributed by atoms with E-state index in [0.717, 1.165) is 26.1 Å². The van der Waals surface area contributed by atoms with E-state index in [9.17, 15) is 0 Å². The first-order chi connectivity index (χ1) is 5.25. The van der Waals surface area contributed by atoms with Crippen molar-refractivity contribution in [1.82, 2.24) is 4.90 Å². The molecule has 0 aromatic rings. The van der Waals surface area contributed by atoms with Gasteiger partial charge in [0.05, 0.1) is 12.7 Å². The summed E-state index contributed by atoms with van der Waals surface area (Å²) in [6.07, 6.45) is 1.52. The molecule has 2 N–H and O–H groups in total. The fourth-order valence-electron chi connectivity index (χ4n) is 2.08. The lowest BCUT2D eigenvalue weighted by Crippen LogP contribution is -2.45. The Kier molecular flexibility index (Phi) is 1.87. The second kappa shape index (κ2) is 2.73. The van der Waals surface area contributed by atoms with E-state index < -0.39 is 0 Å². The molecule has 2 fully saturated rings. The van der Waals surface area contributed by atoms with Crippen LogP contribution in [0, 0.1) is 0 Å². The molecule has 11 heavy (non-hydrogen) atoms. The fourth-order valence-corrected chi connectivity index (χ4v) is 2.08. The van der Waals surface area contributed by atoms with Gasteiger partial charge in [-0.3, -0.25) is 4.90 Å². The summed E-state index contributed by atoms with van der Waals surface area (Å²) in [5.74, 6) is 0. The lowest BCUT2D eigenvalue weighted by molar-refractivity contribution is -0.0390. The molecule has 0 bridgehead atoms. The third-order valence-corrected chi connectivity index (χ3v) is 2.62. The molecule has 0 saturated carbocycles. The van der Waals surface area contributed by atoms with Gasteiger partial charge in [-0.05, 0) is 13.3 Å². The van der Waals surface area contributed by atoms with Crippen molar-refractivity contribution in [2.45, 2.75) is 31.5 Å². The predicted octanol–water partition coefficient (Wildman–Crippen LogP) is -0.193. The summed E-state index contributed by atoms with van der Waals surface area (Å²) in [5.41, 5.74) is 5.84. The van der Waals surface area contributed by atoms with Crippen LogP contribution in [0.3, 0.4) is 0 Å². The first kappa shape index (κ1) is 7.53. The van der Waals surface area contributed by atoms with Gasteiger partial charge in [-0.2, -0.15) is 0 Å². The Bertz CT molecular complexity index is 151. The first-order valence-electron chi connectivity index (χ1n) is 4.37. The van der Waals surface area contributed by atoms with Crippen LogP contribution < -0.4 is 5.73 Å². The van der Waals surface area contributed by atoms with E-state index >= 15 is 0 Å². The van der Waals surface area contributed by atoms with Crippen molar-refractivity contribution in [3.63, 3.8) is 0 Å². The quantitative estimate of drug-likeness (QED) is 0.528. The van der Waals surface area contributed by atoms with Gasteiger partial charge < -0.3 is 10.5 Å². The second-order valence-electron chi connectivity index (χ2n) is 3.75. The molecule has 0 radical (unpaired) electrons. The molecule has 2 rings (SSSR count). The highest BCUT2D eigenvalue weighted by molar-refractivity contribution is 4.90. The van der Waals surface area contributed by atoms with E-state index in [2.05, 4.69) is 11.8 Å². The van der Waals surface area contributed by atoms with E-state index in [4.69, 9.17) is 10.5 Å². The zero-order chi connectivity index (χ0) is 7.84. The smallest absolute Gasteiger partial charge is 0.0674 e. The van der Waals surface area contributed by atoms with Crippen LogP contribution in [0.2, 0.25) is 0 Å². The Morgan fingerprint density at radius 2 is 2.27 bits per heavy atom. The Morgan fingerprint density at radius 3 is 3.09 bits per heavy atom. The van der Waals surface area contributed by atoms with Gasteiger partial charge in [0.25, 0.3) is 0 Å². The first-order valence-corrected chi connectivity index (χ1v) is 4.37. The largest absolute Gasteiger partial charge is 0.376 e. The zero-order valence-electron chi connectivity index (χ0n) is 6.99. The van der Waals surface area contributed by atoms with Gasteiger partial charge >= 0.3 is 0 Å². The maximum Gasteiger partial charge on any atom is 0.0674 e. The van der Waals surface area contributed by atoms with Crippen LogP contribution in [-0.4, -0.2) is 42.8 Å². The van der Waals surface area contributed by atoms with Crippen molar-refractivity contribution in [2.24, 2.45) is 5.73 Å². The number of hydrogen-bond donors (Lipinski definition) is 1. The Balaban J connectivity index is 1.97. The SMILES string of the molecule is C[C@@H]1CN2C[C@@H](N)C[C@H]2CO1. The average Bonchev–Trinajstić information content (AvgIpc) is 2.27. The number of ether oxygens (including phenoxy) is 1. The van der Waals surface area contributed by atoms with E-state index in [0.29, 0.717) is 18.2 Å². The molecule has 64 valence electrons. The minimum Gasteiger partial charge on any atom is -0.376 e. The van der Waals surface area contributed by atoms with Gasteiger partial charge in [-0.15, -0.1) is 0 Å². The van der Waals surface area contributed by atoms with Crippen molar-refractivity contribution in [3.05, 3.63) is 0 Å². The van der Waals surface area contributed by atoms with Crippen LogP contribution in [0.25, 0.3) is 0 Å². The summed E-state index contributed by atoms with van der Waals surface area (Å²) in [6, 6.07) is 0.995. The topological polar surface area (TPSA) is 38.5 Å². The monoisotopic (exact) mass is 156 g/mol. The minimum atomic E-state index is 0.383. The molecule has 0 aliphatic carbocycles.